The van der Waals surface area contributed by atoms with Gasteiger partial charge in [0.25, 0.3) is 0 Å². The quantitative estimate of drug-likeness (QED) is 0.593. The number of rotatable bonds is 0. The van der Waals surface area contributed by atoms with E-state index in [-0.39, 0.29) is 3.23 Å². The van der Waals surface area contributed by atoms with E-state index in [4.69, 9.17) is 0 Å². The van der Waals surface area contributed by atoms with Gasteiger partial charge in [0, 0.05) is 5.92 Å². The van der Waals surface area contributed by atoms with Crippen molar-refractivity contribution in [3.8, 4) is 0 Å². The summed E-state index contributed by atoms with van der Waals surface area (Å²) in [5, 5.41) is 0. The van der Waals surface area contributed by atoms with Gasteiger partial charge in [0.2, 0.25) is 0 Å². The maximum atomic E-state index is 3.68. The van der Waals surface area contributed by atoms with Crippen LogP contribution in [0, 0.1) is 11.8 Å². The lowest BCUT2D eigenvalue weighted by molar-refractivity contribution is 0.687. The van der Waals surface area contributed by atoms with E-state index in [0.717, 1.165) is 5.92 Å². The molecule has 0 N–H and O–H groups in total. The summed E-state index contributed by atoms with van der Waals surface area (Å²) in [6.07, 6.45) is 4.84. The van der Waals surface area contributed by atoms with Gasteiger partial charge < -0.3 is 0 Å². The molecule has 1 saturated carbocycles. The summed E-state index contributed by atoms with van der Waals surface area (Å²) < 4.78 is 1.62. The summed E-state index contributed by atoms with van der Waals surface area (Å²) in [6.45, 7) is 0. The minimum atomic E-state index is 0.210. The molecule has 0 saturated heterocycles. The highest BCUT2D eigenvalue weighted by Crippen LogP contribution is 2.58. The van der Waals surface area contributed by atoms with Crippen LogP contribution in [0.2, 0.25) is 0 Å². The number of fused-ring (bicyclic) bond motifs is 2. The van der Waals surface area contributed by atoms with Gasteiger partial charge in [0.05, 0.1) is 3.23 Å². The van der Waals surface area contributed by atoms with Crippen LogP contribution in [-0.2, 0) is 0 Å². The molecule has 2 atom stereocenters. The molecule has 2 aliphatic rings. The Morgan fingerprint density at radius 2 is 2.20 bits per heavy atom. The van der Waals surface area contributed by atoms with Crippen LogP contribution < -0.4 is 0 Å². The molecular weight excluding hydrogens is 324 g/mol. The molecule has 2 rings (SSSR count). The molecule has 0 nitrogen and oxygen atoms in total. The lowest BCUT2D eigenvalue weighted by atomic mass is 10.1. The van der Waals surface area contributed by atoms with Crippen LogP contribution in [0.5, 0.6) is 0 Å². The average Bonchev–Trinajstić information content (AvgIpc) is 2.21. The maximum Gasteiger partial charge on any atom is 0.0874 e. The number of allylic oxidation sites excluding steroid dienone is 2. The predicted molar refractivity (Wildman–Crippen MR) is 53.8 cm³/mol. The molecule has 3 heteroatoms. The largest absolute Gasteiger partial charge is 0.0874 e. The van der Waals surface area contributed by atoms with Gasteiger partial charge in [-0.25, -0.2) is 0 Å². The Hall–Kier alpha value is 1.18. The molecule has 2 aliphatic carbocycles. The van der Waals surface area contributed by atoms with Crippen molar-refractivity contribution in [3.05, 3.63) is 10.6 Å². The van der Waals surface area contributed by atoms with Crippen molar-refractivity contribution in [3.63, 3.8) is 0 Å². The minimum absolute atomic E-state index is 0.210. The van der Waals surface area contributed by atoms with Gasteiger partial charge in [0.15, 0.2) is 0 Å². The zero-order valence-electron chi connectivity index (χ0n) is 5.28. The van der Waals surface area contributed by atoms with E-state index in [9.17, 15) is 0 Å². The molecule has 0 aromatic carbocycles. The molecule has 0 radical (unpaired) electrons. The third-order valence-electron chi connectivity index (χ3n) is 2.35. The number of hydrogen-bond donors (Lipinski definition) is 0. The van der Waals surface area contributed by atoms with Crippen molar-refractivity contribution in [1.82, 2.24) is 0 Å². The number of hydrogen-bond acceptors (Lipinski definition) is 0. The fraction of sp³-hybridized carbons (Fsp3) is 0.714. The number of alkyl halides is 2. The minimum Gasteiger partial charge on any atom is -0.0721 e. The van der Waals surface area contributed by atoms with Crippen LogP contribution in [0.1, 0.15) is 12.8 Å². The third kappa shape index (κ3) is 1.05. The van der Waals surface area contributed by atoms with Crippen molar-refractivity contribution >= 4 is 47.8 Å². The second-order valence-electron chi connectivity index (χ2n) is 3.06. The van der Waals surface area contributed by atoms with Crippen LogP contribution in [0.4, 0.5) is 0 Å². The van der Waals surface area contributed by atoms with Gasteiger partial charge in [-0.2, -0.15) is 0 Å². The van der Waals surface area contributed by atoms with E-state index < -0.39 is 0 Å². The molecule has 0 aromatic heterocycles. The van der Waals surface area contributed by atoms with E-state index in [0.29, 0.717) is 5.92 Å². The van der Waals surface area contributed by atoms with Crippen molar-refractivity contribution in [2.75, 3.05) is 0 Å². The Morgan fingerprint density at radius 3 is 2.50 bits per heavy atom. The summed E-state index contributed by atoms with van der Waals surface area (Å²) in [5.41, 5.74) is 0. The van der Waals surface area contributed by atoms with Gasteiger partial charge >= 0.3 is 0 Å². The molecule has 0 aliphatic heterocycles. The second kappa shape index (κ2) is 2.33. The fourth-order valence-electron chi connectivity index (χ4n) is 1.77. The van der Waals surface area contributed by atoms with Gasteiger partial charge in [-0.1, -0.05) is 53.9 Å². The first-order chi connectivity index (χ1) is 4.59. The van der Waals surface area contributed by atoms with E-state index in [1.807, 2.05) is 0 Å². The van der Waals surface area contributed by atoms with Crippen LogP contribution in [0.15, 0.2) is 10.6 Å². The lowest BCUT2D eigenvalue weighted by Crippen LogP contribution is -2.17. The second-order valence-corrected chi connectivity index (χ2v) is 7.87. The topological polar surface area (TPSA) is 0 Å². The molecule has 0 unspecified atom stereocenters. The zero-order chi connectivity index (χ0) is 7.35. The lowest BCUT2D eigenvalue weighted by Gasteiger charge is -2.22. The first kappa shape index (κ1) is 7.81. The zero-order valence-corrected chi connectivity index (χ0v) is 10.0. The van der Waals surface area contributed by atoms with Crippen LogP contribution in [0.3, 0.4) is 0 Å². The van der Waals surface area contributed by atoms with E-state index >= 15 is 0 Å². The van der Waals surface area contributed by atoms with E-state index in [2.05, 4.69) is 53.9 Å². The van der Waals surface area contributed by atoms with E-state index in [1.54, 1.807) is 0 Å². The number of halogens is 3. The van der Waals surface area contributed by atoms with Crippen LogP contribution >= 0.6 is 47.8 Å². The Morgan fingerprint density at radius 1 is 1.50 bits per heavy atom. The van der Waals surface area contributed by atoms with Crippen molar-refractivity contribution in [1.29, 1.82) is 0 Å². The maximum absolute atomic E-state index is 3.68. The molecule has 1 fully saturated rings. The molecule has 10 heavy (non-hydrogen) atoms. The van der Waals surface area contributed by atoms with Gasteiger partial charge in [0.1, 0.15) is 0 Å². The highest BCUT2D eigenvalue weighted by Gasteiger charge is 2.47. The Balaban J connectivity index is 2.30. The van der Waals surface area contributed by atoms with Gasteiger partial charge in [-0.15, -0.1) is 0 Å². The summed E-state index contributed by atoms with van der Waals surface area (Å²) in [6, 6.07) is 0. The fourth-order valence-corrected chi connectivity index (χ4v) is 3.86. The highest BCUT2D eigenvalue weighted by atomic mass is 79.9. The average molecular weight is 331 g/mol. The van der Waals surface area contributed by atoms with Crippen molar-refractivity contribution < 1.29 is 0 Å². The normalized spacial score (nSPS) is 42.1. The van der Waals surface area contributed by atoms with Gasteiger partial charge in [-0.3, -0.25) is 0 Å². The molecule has 56 valence electrons. The smallest absolute Gasteiger partial charge is 0.0721 e. The molecule has 2 bridgehead atoms. The predicted octanol–water partition coefficient (Wildman–Crippen LogP) is 3.79. The van der Waals surface area contributed by atoms with Crippen molar-refractivity contribution in [2.24, 2.45) is 11.8 Å². The monoisotopic (exact) mass is 328 g/mol. The third-order valence-corrected chi connectivity index (χ3v) is 5.09. The Kier molecular flexibility index (Phi) is 1.82. The van der Waals surface area contributed by atoms with Gasteiger partial charge in [-0.05, 0) is 23.2 Å². The standard InChI is InChI=1S/C7H7Br3/c8-6-2-5-1-4(6)3-7(5,9)10/h2,4-5H,1,3H2/t4-,5-/m1/s1. The summed E-state index contributed by atoms with van der Waals surface area (Å²) in [4.78, 5) is 0. The van der Waals surface area contributed by atoms with Crippen molar-refractivity contribution in [2.45, 2.75) is 16.1 Å². The van der Waals surface area contributed by atoms with Crippen LogP contribution in [0.25, 0.3) is 0 Å². The summed E-state index contributed by atoms with van der Waals surface area (Å²) in [7, 11) is 0. The molecule has 0 heterocycles. The molecule has 0 aromatic rings. The summed E-state index contributed by atoms with van der Waals surface area (Å²) in [5.74, 6) is 1.45. The van der Waals surface area contributed by atoms with Crippen LogP contribution in [-0.4, -0.2) is 3.23 Å². The first-order valence-corrected chi connectivity index (χ1v) is 5.72. The Labute approximate surface area is 85.8 Å². The summed E-state index contributed by atoms with van der Waals surface area (Å²) >= 11 is 10.9. The highest BCUT2D eigenvalue weighted by molar-refractivity contribution is 9.25. The molecule has 0 spiro atoms. The van der Waals surface area contributed by atoms with E-state index in [1.165, 1.54) is 17.3 Å². The molecular formula is C7H7Br3. The Bertz CT molecular complexity index is 195. The SMILES string of the molecule is BrC1=C[C@H]2C[C@@H]1CC2(Br)Br. The first-order valence-electron chi connectivity index (χ1n) is 3.34. The molecule has 0 amide bonds.